The van der Waals surface area contributed by atoms with Crippen LogP contribution in [0.3, 0.4) is 0 Å². The van der Waals surface area contributed by atoms with E-state index in [4.69, 9.17) is 16.1 Å². The molecule has 1 atom stereocenters. The molecule has 5 aromatic rings. The molecule has 1 aliphatic heterocycles. The van der Waals surface area contributed by atoms with Crippen LogP contribution in [-0.4, -0.2) is 0 Å². The third-order valence-electron chi connectivity index (χ3n) is 7.16. The first-order valence-corrected chi connectivity index (χ1v) is 14.4. The normalized spacial score (nSPS) is 18.8. The minimum absolute atomic E-state index is 0.222. The molecule has 0 amide bonds. The zero-order chi connectivity index (χ0) is 23.9. The Morgan fingerprint density at radius 1 is 0.600 bits per heavy atom. The van der Waals surface area contributed by atoms with Crippen LogP contribution in [-0.2, 0) is 4.52 Å². The number of hydrogen-bond acceptors (Lipinski definition) is 1. The van der Waals surface area contributed by atoms with E-state index < -0.39 is 6.83 Å². The summed E-state index contributed by atoms with van der Waals surface area (Å²) >= 11 is 6.28. The second-order valence-corrected chi connectivity index (χ2v) is 13.9. The molecule has 0 bridgehead atoms. The maximum atomic E-state index is 7.73. The van der Waals surface area contributed by atoms with Crippen LogP contribution in [0, 0.1) is 6.92 Å². The van der Waals surface area contributed by atoms with Crippen molar-refractivity contribution in [3.05, 3.63) is 155 Å². The summed E-state index contributed by atoms with van der Waals surface area (Å²) in [7, 11) is 0. The van der Waals surface area contributed by atoms with Crippen molar-refractivity contribution in [2.24, 2.45) is 0 Å². The van der Waals surface area contributed by atoms with Gasteiger partial charge in [-0.15, -0.1) is 0 Å². The number of rotatable bonds is 4. The van der Waals surface area contributed by atoms with E-state index in [1.54, 1.807) is 0 Å². The third kappa shape index (κ3) is 3.16. The standard InChI is InChI=1S/C32H26ClOP/c1-24-17-22-31-30(23-24)32(25-18-20-26(33)21-19-25)34-35(31,27-11-5-2-6-12-27,28-13-7-3-8-14-28)29-15-9-4-10-16-29/h2-23,32H,1H3. The average molecular weight is 493 g/mol. The zero-order valence-electron chi connectivity index (χ0n) is 19.5. The van der Waals surface area contributed by atoms with Crippen LogP contribution < -0.4 is 21.2 Å². The van der Waals surface area contributed by atoms with Crippen molar-refractivity contribution in [1.29, 1.82) is 0 Å². The van der Waals surface area contributed by atoms with E-state index in [2.05, 4.69) is 128 Å². The monoisotopic (exact) mass is 492 g/mol. The van der Waals surface area contributed by atoms with Crippen LogP contribution in [0.4, 0.5) is 0 Å². The maximum absolute atomic E-state index is 7.73. The number of halogens is 1. The molecule has 1 aliphatic rings. The van der Waals surface area contributed by atoms with E-state index in [-0.39, 0.29) is 6.10 Å². The number of fused-ring (bicyclic) bond motifs is 1. The van der Waals surface area contributed by atoms with Crippen LogP contribution in [0.5, 0.6) is 0 Å². The summed E-state index contributed by atoms with van der Waals surface area (Å²) in [5, 5.41) is 5.61. The summed E-state index contributed by atoms with van der Waals surface area (Å²) in [5.41, 5.74) is 3.55. The van der Waals surface area contributed by atoms with Crippen LogP contribution in [0.1, 0.15) is 22.8 Å². The molecule has 1 heterocycles. The van der Waals surface area contributed by atoms with E-state index in [0.717, 1.165) is 10.6 Å². The molecule has 6 rings (SSSR count). The molecule has 0 saturated carbocycles. The molecule has 0 fully saturated rings. The zero-order valence-corrected chi connectivity index (χ0v) is 21.2. The van der Waals surface area contributed by atoms with E-state index in [1.807, 2.05) is 12.1 Å². The molecular weight excluding hydrogens is 467 g/mol. The SMILES string of the molecule is Cc1ccc2c(c1)C(c1ccc(Cl)cc1)OP2(c1ccccc1)(c1ccccc1)c1ccccc1. The topological polar surface area (TPSA) is 9.23 Å². The van der Waals surface area contributed by atoms with Gasteiger partial charge in [0.15, 0.2) is 0 Å². The molecule has 1 unspecified atom stereocenters. The van der Waals surface area contributed by atoms with Crippen LogP contribution in [0.2, 0.25) is 5.02 Å². The van der Waals surface area contributed by atoms with Crippen LogP contribution in [0.15, 0.2) is 133 Å². The summed E-state index contributed by atoms with van der Waals surface area (Å²) in [6.45, 7) is -1.42. The average Bonchev–Trinajstić information content (AvgIpc) is 3.23. The quantitative estimate of drug-likeness (QED) is 0.250. The van der Waals surface area contributed by atoms with Crippen molar-refractivity contribution in [3.8, 4) is 0 Å². The van der Waals surface area contributed by atoms with Gasteiger partial charge in [0.2, 0.25) is 0 Å². The van der Waals surface area contributed by atoms with Gasteiger partial charge in [-0.1, -0.05) is 0 Å². The number of benzene rings is 5. The van der Waals surface area contributed by atoms with Crippen molar-refractivity contribution in [1.82, 2.24) is 0 Å². The van der Waals surface area contributed by atoms with E-state index in [9.17, 15) is 0 Å². The molecule has 0 radical (unpaired) electrons. The molecule has 0 saturated heterocycles. The van der Waals surface area contributed by atoms with Gasteiger partial charge in [-0.2, -0.15) is 0 Å². The Kier molecular flexibility index (Phi) is 5.38. The van der Waals surface area contributed by atoms with Crippen LogP contribution >= 0.6 is 18.4 Å². The van der Waals surface area contributed by atoms with Gasteiger partial charge in [-0.3, -0.25) is 0 Å². The predicted octanol–water partition coefficient (Wildman–Crippen LogP) is 6.84. The van der Waals surface area contributed by atoms with Gasteiger partial charge in [0.05, 0.1) is 0 Å². The van der Waals surface area contributed by atoms with Gasteiger partial charge < -0.3 is 0 Å². The van der Waals surface area contributed by atoms with Crippen LogP contribution in [0.25, 0.3) is 0 Å². The first-order valence-electron chi connectivity index (χ1n) is 11.9. The molecule has 35 heavy (non-hydrogen) atoms. The van der Waals surface area contributed by atoms with Gasteiger partial charge in [-0.05, 0) is 0 Å². The molecule has 1 nitrogen and oxygen atoms in total. The second-order valence-electron chi connectivity index (χ2n) is 9.14. The predicted molar refractivity (Wildman–Crippen MR) is 150 cm³/mol. The molecule has 0 aromatic heterocycles. The minimum atomic E-state index is -3.58. The van der Waals surface area contributed by atoms with Crippen molar-refractivity contribution in [3.63, 3.8) is 0 Å². The summed E-state index contributed by atoms with van der Waals surface area (Å²) in [5.74, 6) is 0. The molecule has 0 aliphatic carbocycles. The van der Waals surface area contributed by atoms with E-state index >= 15 is 0 Å². The molecule has 5 aromatic carbocycles. The summed E-state index contributed by atoms with van der Waals surface area (Å²) in [6, 6.07) is 47.4. The Balaban J connectivity index is 1.82. The van der Waals surface area contributed by atoms with Crippen molar-refractivity contribution >= 4 is 39.6 Å². The fourth-order valence-electron chi connectivity index (χ4n) is 5.66. The summed E-state index contributed by atoms with van der Waals surface area (Å²) < 4.78 is 7.73. The molecule has 3 heteroatoms. The van der Waals surface area contributed by atoms with Gasteiger partial charge in [-0.25, -0.2) is 0 Å². The van der Waals surface area contributed by atoms with Gasteiger partial charge >= 0.3 is 212 Å². The Labute approximate surface area is 212 Å². The second kappa shape index (κ2) is 8.47. The van der Waals surface area contributed by atoms with Gasteiger partial charge in [0.1, 0.15) is 0 Å². The number of aryl methyl sites for hydroxylation is 1. The fourth-order valence-corrected chi connectivity index (χ4v) is 11.9. The first kappa shape index (κ1) is 22.3. The Bertz CT molecular complexity index is 1380. The van der Waals surface area contributed by atoms with Crippen molar-refractivity contribution in [2.45, 2.75) is 13.0 Å². The Morgan fingerprint density at radius 3 is 1.57 bits per heavy atom. The fraction of sp³-hybridized carbons (Fsp3) is 0.0625. The van der Waals surface area contributed by atoms with Gasteiger partial charge in [0, 0.05) is 0 Å². The molecule has 0 spiro atoms. The number of hydrogen-bond donors (Lipinski definition) is 0. The van der Waals surface area contributed by atoms with Crippen molar-refractivity contribution < 1.29 is 4.52 Å². The molecular formula is C32H26ClOP. The van der Waals surface area contributed by atoms with Crippen molar-refractivity contribution in [2.75, 3.05) is 0 Å². The summed E-state index contributed by atoms with van der Waals surface area (Å²) in [4.78, 5) is 0. The summed E-state index contributed by atoms with van der Waals surface area (Å²) in [6.07, 6.45) is -0.222. The third-order valence-corrected chi connectivity index (χ3v) is 13.2. The molecule has 172 valence electrons. The van der Waals surface area contributed by atoms with E-state index in [0.29, 0.717) is 0 Å². The van der Waals surface area contributed by atoms with E-state index in [1.165, 1.54) is 32.3 Å². The molecule has 0 N–H and O–H groups in total. The first-order chi connectivity index (χ1) is 17.1. The van der Waals surface area contributed by atoms with Gasteiger partial charge in [0.25, 0.3) is 0 Å². The Morgan fingerprint density at radius 2 is 1.09 bits per heavy atom. The Hall–Kier alpha value is -3.22.